The van der Waals surface area contributed by atoms with Gasteiger partial charge >= 0.3 is 0 Å². The maximum Gasteiger partial charge on any atom is 0.249 e. The second-order valence-corrected chi connectivity index (χ2v) is 5.69. The first-order chi connectivity index (χ1) is 11.2. The fourth-order valence-electron chi connectivity index (χ4n) is 3.23. The molecule has 116 valence electrons. The molecule has 0 radical (unpaired) electrons. The zero-order chi connectivity index (χ0) is 15.8. The first-order valence-electron chi connectivity index (χ1n) is 7.65. The predicted molar refractivity (Wildman–Crippen MR) is 86.3 cm³/mol. The summed E-state index contributed by atoms with van der Waals surface area (Å²) in [7, 11) is 0. The normalized spacial score (nSPS) is 20.0. The van der Waals surface area contributed by atoms with E-state index in [0.717, 1.165) is 22.6 Å². The molecule has 0 bridgehead atoms. The number of imide groups is 1. The molecule has 0 aliphatic carbocycles. The maximum absolute atomic E-state index is 12.0. The number of hydrogen-bond donors (Lipinski definition) is 1. The van der Waals surface area contributed by atoms with Crippen LogP contribution < -0.4 is 15.0 Å². The molecule has 5 nitrogen and oxygen atoms in total. The quantitative estimate of drug-likeness (QED) is 0.862. The highest BCUT2D eigenvalue weighted by Crippen LogP contribution is 2.41. The molecule has 1 unspecified atom stereocenters. The Hall–Kier alpha value is -2.82. The number of nitrogens with zero attached hydrogens (tertiary/aromatic N) is 1. The van der Waals surface area contributed by atoms with Gasteiger partial charge in [-0.1, -0.05) is 42.5 Å². The molecule has 2 heterocycles. The third-order valence-electron chi connectivity index (χ3n) is 4.29. The van der Waals surface area contributed by atoms with Gasteiger partial charge < -0.3 is 9.64 Å². The molecule has 2 aromatic rings. The molecule has 2 aromatic carbocycles. The number of para-hydroxylation sites is 1. The van der Waals surface area contributed by atoms with Crippen molar-refractivity contribution in [3.05, 3.63) is 48.5 Å². The zero-order valence-corrected chi connectivity index (χ0v) is 12.5. The SMILES string of the molecule is O=C1CC(N2CCOc3c(-c4ccccc4)cccc32)C(=O)N1. The van der Waals surface area contributed by atoms with E-state index in [2.05, 4.69) is 5.32 Å². The summed E-state index contributed by atoms with van der Waals surface area (Å²) in [5.74, 6) is 0.331. The Morgan fingerprint density at radius 2 is 1.87 bits per heavy atom. The first kappa shape index (κ1) is 13.8. The fraction of sp³-hybridized carbons (Fsp3) is 0.222. The summed E-state index contributed by atoms with van der Waals surface area (Å²) in [6, 6.07) is 15.5. The van der Waals surface area contributed by atoms with Crippen LogP contribution in [0.1, 0.15) is 6.42 Å². The number of rotatable bonds is 2. The topological polar surface area (TPSA) is 58.6 Å². The van der Waals surface area contributed by atoms with Crippen molar-refractivity contribution in [2.75, 3.05) is 18.1 Å². The molecule has 4 rings (SSSR count). The first-order valence-corrected chi connectivity index (χ1v) is 7.65. The van der Waals surface area contributed by atoms with E-state index in [4.69, 9.17) is 4.74 Å². The number of carbonyl (C=O) groups is 2. The van der Waals surface area contributed by atoms with Gasteiger partial charge in [0.2, 0.25) is 11.8 Å². The number of anilines is 1. The Morgan fingerprint density at radius 3 is 2.61 bits per heavy atom. The lowest BCUT2D eigenvalue weighted by Crippen LogP contribution is -2.45. The van der Waals surface area contributed by atoms with Gasteiger partial charge in [-0.15, -0.1) is 0 Å². The van der Waals surface area contributed by atoms with Gasteiger partial charge in [-0.25, -0.2) is 0 Å². The van der Waals surface area contributed by atoms with Gasteiger partial charge in [0, 0.05) is 5.56 Å². The number of ether oxygens (including phenoxy) is 1. The number of hydrogen-bond acceptors (Lipinski definition) is 4. The third-order valence-corrected chi connectivity index (χ3v) is 4.29. The van der Waals surface area contributed by atoms with E-state index in [1.165, 1.54) is 0 Å². The van der Waals surface area contributed by atoms with E-state index in [0.29, 0.717) is 13.2 Å². The number of fused-ring (bicyclic) bond motifs is 1. The highest BCUT2D eigenvalue weighted by molar-refractivity contribution is 6.07. The molecule has 2 aliphatic heterocycles. The van der Waals surface area contributed by atoms with Crippen LogP contribution in [-0.2, 0) is 9.59 Å². The van der Waals surface area contributed by atoms with Gasteiger partial charge in [0.1, 0.15) is 12.6 Å². The lowest BCUT2D eigenvalue weighted by molar-refractivity contribution is -0.125. The molecule has 1 atom stereocenters. The molecule has 0 spiro atoms. The second kappa shape index (κ2) is 5.43. The number of nitrogens with one attached hydrogen (secondary N) is 1. The van der Waals surface area contributed by atoms with Crippen LogP contribution in [0.3, 0.4) is 0 Å². The molecule has 1 fully saturated rings. The van der Waals surface area contributed by atoms with Crippen molar-refractivity contribution in [3.8, 4) is 16.9 Å². The number of amides is 2. The van der Waals surface area contributed by atoms with E-state index >= 15 is 0 Å². The van der Waals surface area contributed by atoms with Gasteiger partial charge in [-0.2, -0.15) is 0 Å². The molecule has 2 amide bonds. The zero-order valence-electron chi connectivity index (χ0n) is 12.5. The van der Waals surface area contributed by atoms with E-state index in [9.17, 15) is 9.59 Å². The van der Waals surface area contributed by atoms with Crippen LogP contribution in [0.5, 0.6) is 5.75 Å². The van der Waals surface area contributed by atoms with Crippen LogP contribution in [-0.4, -0.2) is 31.0 Å². The Balaban J connectivity index is 1.78. The molecule has 23 heavy (non-hydrogen) atoms. The number of benzene rings is 2. The monoisotopic (exact) mass is 308 g/mol. The lowest BCUT2D eigenvalue weighted by atomic mass is 10.0. The van der Waals surface area contributed by atoms with Crippen LogP contribution >= 0.6 is 0 Å². The minimum Gasteiger partial charge on any atom is -0.489 e. The largest absolute Gasteiger partial charge is 0.489 e. The minimum atomic E-state index is -0.448. The van der Waals surface area contributed by atoms with Crippen LogP contribution in [0.4, 0.5) is 5.69 Å². The minimum absolute atomic E-state index is 0.202. The van der Waals surface area contributed by atoms with Crippen LogP contribution in [0.25, 0.3) is 11.1 Å². The lowest BCUT2D eigenvalue weighted by Gasteiger charge is -2.35. The molecule has 5 heteroatoms. The molecule has 0 saturated carbocycles. The average molecular weight is 308 g/mol. The summed E-state index contributed by atoms with van der Waals surface area (Å²) in [6.45, 7) is 1.09. The summed E-state index contributed by atoms with van der Waals surface area (Å²) < 4.78 is 5.90. The molecular weight excluding hydrogens is 292 g/mol. The van der Waals surface area contributed by atoms with Crippen LogP contribution in [0.2, 0.25) is 0 Å². The standard InChI is InChI=1S/C18H16N2O3/c21-16-11-15(18(22)19-16)20-9-10-23-17-13(7-4-8-14(17)20)12-5-2-1-3-6-12/h1-8,15H,9-11H2,(H,19,21,22). The van der Waals surface area contributed by atoms with Gasteiger partial charge in [0.05, 0.1) is 18.7 Å². The van der Waals surface area contributed by atoms with Gasteiger partial charge in [-0.3, -0.25) is 14.9 Å². The summed E-state index contributed by atoms with van der Waals surface area (Å²) >= 11 is 0. The van der Waals surface area contributed by atoms with Gasteiger partial charge in [-0.05, 0) is 11.6 Å². The Labute approximate surface area is 133 Å². The van der Waals surface area contributed by atoms with Crippen molar-refractivity contribution < 1.29 is 14.3 Å². The van der Waals surface area contributed by atoms with Crippen LogP contribution in [0.15, 0.2) is 48.5 Å². The van der Waals surface area contributed by atoms with E-state index in [1.807, 2.05) is 53.4 Å². The van der Waals surface area contributed by atoms with Crippen LogP contribution in [0, 0.1) is 0 Å². The second-order valence-electron chi connectivity index (χ2n) is 5.69. The molecule has 1 saturated heterocycles. The van der Waals surface area contributed by atoms with Gasteiger partial charge in [0.25, 0.3) is 0 Å². The third kappa shape index (κ3) is 2.34. The van der Waals surface area contributed by atoms with E-state index < -0.39 is 6.04 Å². The summed E-state index contributed by atoms with van der Waals surface area (Å²) in [5, 5.41) is 2.38. The average Bonchev–Trinajstić information content (AvgIpc) is 2.93. The highest BCUT2D eigenvalue weighted by Gasteiger charge is 2.38. The van der Waals surface area contributed by atoms with Gasteiger partial charge in [0.15, 0.2) is 5.75 Å². The van der Waals surface area contributed by atoms with Crippen molar-refractivity contribution in [3.63, 3.8) is 0 Å². The molecule has 2 aliphatic rings. The van der Waals surface area contributed by atoms with E-state index in [1.54, 1.807) is 0 Å². The highest BCUT2D eigenvalue weighted by atomic mass is 16.5. The smallest absolute Gasteiger partial charge is 0.249 e. The Morgan fingerprint density at radius 1 is 1.04 bits per heavy atom. The fourth-order valence-corrected chi connectivity index (χ4v) is 3.23. The van der Waals surface area contributed by atoms with E-state index in [-0.39, 0.29) is 18.2 Å². The van der Waals surface area contributed by atoms with Crippen molar-refractivity contribution >= 4 is 17.5 Å². The van der Waals surface area contributed by atoms with Crippen molar-refractivity contribution in [2.24, 2.45) is 0 Å². The predicted octanol–water partition coefficient (Wildman–Crippen LogP) is 1.97. The summed E-state index contributed by atoms with van der Waals surface area (Å²) in [5.41, 5.74) is 2.93. The summed E-state index contributed by atoms with van der Waals surface area (Å²) in [4.78, 5) is 25.5. The Kier molecular flexibility index (Phi) is 3.26. The Bertz CT molecular complexity index is 773. The summed E-state index contributed by atoms with van der Waals surface area (Å²) in [6.07, 6.45) is 0.202. The van der Waals surface area contributed by atoms with Crippen molar-refractivity contribution in [2.45, 2.75) is 12.5 Å². The van der Waals surface area contributed by atoms with Crippen molar-refractivity contribution in [1.29, 1.82) is 0 Å². The molecule has 0 aromatic heterocycles. The molecule has 1 N–H and O–H groups in total. The number of carbonyl (C=O) groups excluding carboxylic acids is 2. The molecular formula is C18H16N2O3. The maximum atomic E-state index is 12.0. The van der Waals surface area contributed by atoms with Crippen molar-refractivity contribution in [1.82, 2.24) is 5.32 Å².